The van der Waals surface area contributed by atoms with Gasteiger partial charge in [0.1, 0.15) is 12.4 Å². The predicted octanol–water partition coefficient (Wildman–Crippen LogP) is 7.55. The molecule has 1 atom stereocenters. The van der Waals surface area contributed by atoms with E-state index in [1.807, 2.05) is 12.1 Å². The van der Waals surface area contributed by atoms with Gasteiger partial charge in [-0.1, -0.05) is 79.4 Å². The molecule has 0 N–H and O–H groups in total. The molecule has 0 bridgehead atoms. The summed E-state index contributed by atoms with van der Waals surface area (Å²) < 4.78 is 6.38. The van der Waals surface area contributed by atoms with Crippen LogP contribution in [-0.4, -0.2) is 23.5 Å². The van der Waals surface area contributed by atoms with Gasteiger partial charge in [-0.2, -0.15) is 0 Å². The molecule has 0 aliphatic carbocycles. The second-order valence-corrected chi connectivity index (χ2v) is 8.95. The van der Waals surface area contributed by atoms with E-state index >= 15 is 0 Å². The Labute approximate surface area is 194 Å². The molecule has 0 unspecified atom stereocenters. The normalized spacial score (nSPS) is 12.3. The molecule has 3 aromatic carbocycles. The standard InChI is InChI=1S/C30H37NO/c1-6-25-17-18-30(32-22-26-13-9-7-10-14-26)29(21-25)28(27-15-11-8-12-16-27)19-20-31(23(2)3)24(4)5/h6-18,21,23-24,28H,1,19-20,22H2,2-5H3/t28-/m0/s1. The Morgan fingerprint density at radius 3 is 2.06 bits per heavy atom. The molecule has 3 rings (SSSR count). The molecule has 0 saturated carbocycles. The third-order valence-corrected chi connectivity index (χ3v) is 6.09. The molecule has 0 amide bonds. The van der Waals surface area contributed by atoms with Crippen LogP contribution in [0.15, 0.2) is 85.4 Å². The van der Waals surface area contributed by atoms with Gasteiger partial charge in [0.25, 0.3) is 0 Å². The minimum atomic E-state index is 0.252. The molecule has 0 heterocycles. The van der Waals surface area contributed by atoms with E-state index in [2.05, 4.69) is 112 Å². The predicted molar refractivity (Wildman–Crippen MR) is 137 cm³/mol. The van der Waals surface area contributed by atoms with Crippen molar-refractivity contribution in [3.8, 4) is 5.75 Å². The van der Waals surface area contributed by atoms with Gasteiger partial charge in [-0.05, 0) is 69.5 Å². The van der Waals surface area contributed by atoms with Crippen LogP contribution >= 0.6 is 0 Å². The third kappa shape index (κ3) is 6.34. The van der Waals surface area contributed by atoms with Gasteiger partial charge in [-0.15, -0.1) is 0 Å². The van der Waals surface area contributed by atoms with Crippen LogP contribution in [0.25, 0.3) is 6.08 Å². The monoisotopic (exact) mass is 427 g/mol. The Morgan fingerprint density at radius 1 is 0.844 bits per heavy atom. The summed E-state index contributed by atoms with van der Waals surface area (Å²) in [7, 11) is 0. The van der Waals surface area contributed by atoms with Crippen molar-refractivity contribution in [2.75, 3.05) is 6.54 Å². The van der Waals surface area contributed by atoms with E-state index in [4.69, 9.17) is 4.74 Å². The Morgan fingerprint density at radius 2 is 1.47 bits per heavy atom. The topological polar surface area (TPSA) is 12.5 Å². The quantitative estimate of drug-likeness (QED) is 0.313. The molecule has 0 radical (unpaired) electrons. The number of rotatable bonds is 11. The summed E-state index contributed by atoms with van der Waals surface area (Å²) in [6.45, 7) is 14.7. The lowest BCUT2D eigenvalue weighted by Gasteiger charge is -2.32. The van der Waals surface area contributed by atoms with Crippen molar-refractivity contribution in [2.24, 2.45) is 0 Å². The van der Waals surface area contributed by atoms with Gasteiger partial charge < -0.3 is 4.74 Å². The first-order valence-electron chi connectivity index (χ1n) is 11.7. The Bertz CT molecular complexity index is 955. The number of nitrogens with zero attached hydrogens (tertiary/aromatic N) is 1. The molecule has 32 heavy (non-hydrogen) atoms. The molecule has 2 nitrogen and oxygen atoms in total. The Balaban J connectivity index is 1.95. The summed E-state index contributed by atoms with van der Waals surface area (Å²) in [6.07, 6.45) is 2.95. The van der Waals surface area contributed by atoms with Crippen molar-refractivity contribution in [3.63, 3.8) is 0 Å². The van der Waals surface area contributed by atoms with Gasteiger partial charge in [0.05, 0.1) is 0 Å². The van der Waals surface area contributed by atoms with E-state index in [0.717, 1.165) is 24.3 Å². The van der Waals surface area contributed by atoms with E-state index in [1.165, 1.54) is 16.7 Å². The first-order chi connectivity index (χ1) is 15.5. The van der Waals surface area contributed by atoms with Gasteiger partial charge in [-0.3, -0.25) is 4.90 Å². The van der Waals surface area contributed by atoms with Crippen LogP contribution in [0.5, 0.6) is 5.75 Å². The van der Waals surface area contributed by atoms with Crippen LogP contribution in [-0.2, 0) is 6.61 Å². The largest absolute Gasteiger partial charge is 0.489 e. The maximum atomic E-state index is 6.38. The lowest BCUT2D eigenvalue weighted by Crippen LogP contribution is -2.38. The fourth-order valence-electron chi connectivity index (χ4n) is 4.41. The molecule has 0 aliphatic rings. The summed E-state index contributed by atoms with van der Waals surface area (Å²) >= 11 is 0. The van der Waals surface area contributed by atoms with E-state index in [-0.39, 0.29) is 5.92 Å². The number of hydrogen-bond acceptors (Lipinski definition) is 2. The lowest BCUT2D eigenvalue weighted by molar-refractivity contribution is 0.170. The van der Waals surface area contributed by atoms with Crippen molar-refractivity contribution >= 4 is 6.08 Å². The molecule has 168 valence electrons. The molecule has 2 heteroatoms. The summed E-state index contributed by atoms with van der Waals surface area (Å²) in [5, 5.41) is 0. The first-order valence-corrected chi connectivity index (χ1v) is 11.7. The van der Waals surface area contributed by atoms with E-state index in [9.17, 15) is 0 Å². The molecule has 0 aliphatic heterocycles. The molecule has 0 saturated heterocycles. The van der Waals surface area contributed by atoms with Crippen LogP contribution in [0.3, 0.4) is 0 Å². The van der Waals surface area contributed by atoms with Gasteiger partial charge in [0.15, 0.2) is 0 Å². The van der Waals surface area contributed by atoms with Crippen LogP contribution in [0.1, 0.15) is 62.3 Å². The minimum Gasteiger partial charge on any atom is -0.489 e. The Kier molecular flexibility index (Phi) is 8.70. The maximum Gasteiger partial charge on any atom is 0.123 e. The van der Waals surface area contributed by atoms with Gasteiger partial charge in [0.2, 0.25) is 0 Å². The van der Waals surface area contributed by atoms with Crippen molar-refractivity contribution < 1.29 is 4.74 Å². The van der Waals surface area contributed by atoms with Crippen molar-refractivity contribution in [1.82, 2.24) is 4.90 Å². The third-order valence-electron chi connectivity index (χ3n) is 6.09. The van der Waals surface area contributed by atoms with Crippen LogP contribution < -0.4 is 4.74 Å². The number of benzene rings is 3. The van der Waals surface area contributed by atoms with Crippen LogP contribution in [0, 0.1) is 0 Å². The van der Waals surface area contributed by atoms with Gasteiger partial charge in [-0.25, -0.2) is 0 Å². The van der Waals surface area contributed by atoms with Crippen molar-refractivity contribution in [1.29, 1.82) is 0 Å². The molecule has 0 spiro atoms. The van der Waals surface area contributed by atoms with E-state index < -0.39 is 0 Å². The van der Waals surface area contributed by atoms with Gasteiger partial charge in [0, 0.05) is 23.6 Å². The fourth-order valence-corrected chi connectivity index (χ4v) is 4.41. The lowest BCUT2D eigenvalue weighted by atomic mass is 9.86. The van der Waals surface area contributed by atoms with Gasteiger partial charge >= 0.3 is 0 Å². The second kappa shape index (κ2) is 11.7. The highest BCUT2D eigenvalue weighted by atomic mass is 16.5. The Hall–Kier alpha value is -2.84. The highest BCUT2D eigenvalue weighted by molar-refractivity contribution is 5.54. The number of hydrogen-bond donors (Lipinski definition) is 0. The SMILES string of the molecule is C=Cc1ccc(OCc2ccccc2)c([C@@H](CCN(C(C)C)C(C)C)c2ccccc2)c1. The highest BCUT2D eigenvalue weighted by Crippen LogP contribution is 2.36. The fraction of sp³-hybridized carbons (Fsp3) is 0.333. The highest BCUT2D eigenvalue weighted by Gasteiger charge is 2.22. The average molecular weight is 428 g/mol. The smallest absolute Gasteiger partial charge is 0.123 e. The van der Waals surface area contributed by atoms with Crippen molar-refractivity contribution in [2.45, 2.75) is 58.7 Å². The summed E-state index contributed by atoms with van der Waals surface area (Å²) in [5.74, 6) is 1.20. The summed E-state index contributed by atoms with van der Waals surface area (Å²) in [4.78, 5) is 2.57. The zero-order chi connectivity index (χ0) is 22.9. The maximum absolute atomic E-state index is 6.38. The van der Waals surface area contributed by atoms with Crippen molar-refractivity contribution in [3.05, 3.63) is 108 Å². The molecule has 3 aromatic rings. The average Bonchev–Trinajstić information content (AvgIpc) is 2.81. The minimum absolute atomic E-state index is 0.252. The summed E-state index contributed by atoms with van der Waals surface area (Å²) in [5.41, 5.74) is 4.86. The second-order valence-electron chi connectivity index (χ2n) is 8.95. The molecular formula is C30H37NO. The number of ether oxygens (including phenoxy) is 1. The summed E-state index contributed by atoms with van der Waals surface area (Å²) in [6, 6.07) is 28.7. The molecule has 0 fully saturated rings. The van der Waals surface area contributed by atoms with E-state index in [0.29, 0.717) is 18.7 Å². The molecule has 0 aromatic heterocycles. The molecular weight excluding hydrogens is 390 g/mol. The van der Waals surface area contributed by atoms with Crippen LogP contribution in [0.4, 0.5) is 0 Å². The zero-order valence-electron chi connectivity index (χ0n) is 20.0. The zero-order valence-corrected chi connectivity index (χ0v) is 20.0. The van der Waals surface area contributed by atoms with E-state index in [1.54, 1.807) is 0 Å². The first kappa shape index (κ1) is 23.8. The van der Waals surface area contributed by atoms with Crippen LogP contribution in [0.2, 0.25) is 0 Å².